The third-order valence-corrected chi connectivity index (χ3v) is 2.69. The van der Waals surface area contributed by atoms with E-state index in [9.17, 15) is 5.11 Å². The Bertz CT molecular complexity index is 318. The van der Waals surface area contributed by atoms with Gasteiger partial charge >= 0.3 is 0 Å². The largest absolute Gasteiger partial charge is 0.496 e. The maximum absolute atomic E-state index is 10.2. The SMILES string of the molecule is CNC(CCN)C(O)c1ccccc1OC. The lowest BCUT2D eigenvalue weighted by Crippen LogP contribution is -2.34. The second-order valence-corrected chi connectivity index (χ2v) is 3.66. The number of hydrogen-bond acceptors (Lipinski definition) is 4. The second-order valence-electron chi connectivity index (χ2n) is 3.66. The molecular weight excluding hydrogens is 204 g/mol. The smallest absolute Gasteiger partial charge is 0.124 e. The van der Waals surface area contributed by atoms with Crippen LogP contribution in [0.3, 0.4) is 0 Å². The van der Waals surface area contributed by atoms with E-state index in [2.05, 4.69) is 5.32 Å². The lowest BCUT2D eigenvalue weighted by atomic mass is 9.99. The first-order valence-electron chi connectivity index (χ1n) is 5.43. The fraction of sp³-hybridized carbons (Fsp3) is 0.500. The van der Waals surface area contributed by atoms with E-state index in [0.29, 0.717) is 12.3 Å². The third kappa shape index (κ3) is 2.95. The van der Waals surface area contributed by atoms with Gasteiger partial charge in [0.15, 0.2) is 0 Å². The van der Waals surface area contributed by atoms with Crippen molar-refractivity contribution in [2.24, 2.45) is 5.73 Å². The number of ether oxygens (including phenoxy) is 1. The standard InChI is InChI=1S/C12H20N2O2/c1-14-10(7-8-13)12(15)9-5-3-4-6-11(9)16-2/h3-6,10,12,14-15H,7-8,13H2,1-2H3. The van der Waals surface area contributed by atoms with Crippen LogP contribution in [-0.2, 0) is 0 Å². The number of hydrogen-bond donors (Lipinski definition) is 3. The highest BCUT2D eigenvalue weighted by Gasteiger charge is 2.21. The number of benzene rings is 1. The predicted octanol–water partition coefficient (Wildman–Crippen LogP) is 0.665. The average Bonchev–Trinajstić information content (AvgIpc) is 2.35. The highest BCUT2D eigenvalue weighted by Crippen LogP contribution is 2.27. The molecule has 4 N–H and O–H groups in total. The van der Waals surface area contributed by atoms with Crippen LogP contribution >= 0.6 is 0 Å². The molecule has 0 aliphatic rings. The van der Waals surface area contributed by atoms with Gasteiger partial charge in [-0.2, -0.15) is 0 Å². The van der Waals surface area contributed by atoms with Gasteiger partial charge in [0.05, 0.1) is 13.2 Å². The molecule has 0 radical (unpaired) electrons. The summed E-state index contributed by atoms with van der Waals surface area (Å²) in [5, 5.41) is 13.3. The van der Waals surface area contributed by atoms with Crippen LogP contribution in [0, 0.1) is 0 Å². The lowest BCUT2D eigenvalue weighted by molar-refractivity contribution is 0.125. The lowest BCUT2D eigenvalue weighted by Gasteiger charge is -2.23. The molecule has 0 aliphatic carbocycles. The van der Waals surface area contributed by atoms with E-state index in [1.54, 1.807) is 7.11 Å². The van der Waals surface area contributed by atoms with Crippen LogP contribution in [-0.4, -0.2) is 31.9 Å². The molecule has 0 amide bonds. The molecule has 0 spiro atoms. The molecule has 0 aliphatic heterocycles. The molecule has 90 valence electrons. The van der Waals surface area contributed by atoms with Gasteiger partial charge in [-0.3, -0.25) is 0 Å². The summed E-state index contributed by atoms with van der Waals surface area (Å²) in [6, 6.07) is 7.42. The van der Waals surface area contributed by atoms with Crippen LogP contribution in [0.4, 0.5) is 0 Å². The van der Waals surface area contributed by atoms with Crippen molar-refractivity contribution in [2.45, 2.75) is 18.6 Å². The first kappa shape index (κ1) is 13.0. The summed E-state index contributed by atoms with van der Waals surface area (Å²) in [5.41, 5.74) is 6.30. The summed E-state index contributed by atoms with van der Waals surface area (Å²) >= 11 is 0. The van der Waals surface area contributed by atoms with Gasteiger partial charge in [0.2, 0.25) is 0 Å². The van der Waals surface area contributed by atoms with Crippen molar-refractivity contribution in [2.75, 3.05) is 20.7 Å². The van der Waals surface area contributed by atoms with E-state index in [0.717, 1.165) is 12.0 Å². The number of likely N-dealkylation sites (N-methyl/N-ethyl adjacent to an activating group) is 1. The Morgan fingerprint density at radius 3 is 2.69 bits per heavy atom. The summed E-state index contributed by atoms with van der Waals surface area (Å²) in [5.74, 6) is 0.701. The van der Waals surface area contributed by atoms with Gasteiger partial charge in [0, 0.05) is 11.6 Å². The fourth-order valence-corrected chi connectivity index (χ4v) is 1.77. The molecular formula is C12H20N2O2. The molecule has 0 aromatic heterocycles. The molecule has 1 aromatic rings. The zero-order valence-corrected chi connectivity index (χ0v) is 9.81. The predicted molar refractivity (Wildman–Crippen MR) is 64.5 cm³/mol. The number of aliphatic hydroxyl groups is 1. The van der Waals surface area contributed by atoms with Gasteiger partial charge in [0.1, 0.15) is 5.75 Å². The van der Waals surface area contributed by atoms with E-state index < -0.39 is 6.10 Å². The highest BCUT2D eigenvalue weighted by molar-refractivity contribution is 5.35. The van der Waals surface area contributed by atoms with Crippen LogP contribution in [0.5, 0.6) is 5.75 Å². The van der Waals surface area contributed by atoms with E-state index in [1.165, 1.54) is 0 Å². The number of methoxy groups -OCH3 is 1. The molecule has 2 unspecified atom stereocenters. The second kappa shape index (κ2) is 6.48. The zero-order valence-electron chi connectivity index (χ0n) is 9.81. The van der Waals surface area contributed by atoms with Crippen LogP contribution in [0.1, 0.15) is 18.1 Å². The topological polar surface area (TPSA) is 67.5 Å². The van der Waals surface area contributed by atoms with Gasteiger partial charge < -0.3 is 20.9 Å². The van der Waals surface area contributed by atoms with Gasteiger partial charge in [-0.15, -0.1) is 0 Å². The van der Waals surface area contributed by atoms with Gasteiger partial charge in [0.25, 0.3) is 0 Å². The Morgan fingerprint density at radius 2 is 2.12 bits per heavy atom. The van der Waals surface area contributed by atoms with E-state index in [-0.39, 0.29) is 6.04 Å². The Morgan fingerprint density at radius 1 is 1.44 bits per heavy atom. The van der Waals surface area contributed by atoms with Crippen LogP contribution in [0.15, 0.2) is 24.3 Å². The summed E-state index contributed by atoms with van der Waals surface area (Å²) < 4.78 is 5.22. The molecule has 16 heavy (non-hydrogen) atoms. The highest BCUT2D eigenvalue weighted by atomic mass is 16.5. The molecule has 0 saturated carbocycles. The molecule has 1 rings (SSSR count). The molecule has 0 fully saturated rings. The summed E-state index contributed by atoms with van der Waals surface area (Å²) in [6.07, 6.45) is 0.111. The third-order valence-electron chi connectivity index (χ3n) is 2.69. The maximum Gasteiger partial charge on any atom is 0.124 e. The number of nitrogens with one attached hydrogen (secondary N) is 1. The van der Waals surface area contributed by atoms with E-state index in [4.69, 9.17) is 10.5 Å². The van der Waals surface area contributed by atoms with Crippen molar-refractivity contribution < 1.29 is 9.84 Å². The number of para-hydroxylation sites is 1. The number of rotatable bonds is 6. The molecule has 4 heteroatoms. The molecule has 4 nitrogen and oxygen atoms in total. The van der Waals surface area contributed by atoms with Gasteiger partial charge in [-0.25, -0.2) is 0 Å². The zero-order chi connectivity index (χ0) is 12.0. The molecule has 0 saturated heterocycles. The van der Waals surface area contributed by atoms with Crippen LogP contribution in [0.25, 0.3) is 0 Å². The van der Waals surface area contributed by atoms with Crippen LogP contribution < -0.4 is 15.8 Å². The molecule has 0 bridgehead atoms. The van der Waals surface area contributed by atoms with Crippen molar-refractivity contribution in [1.82, 2.24) is 5.32 Å². The Labute approximate surface area is 96.4 Å². The van der Waals surface area contributed by atoms with Crippen LogP contribution in [0.2, 0.25) is 0 Å². The Balaban J connectivity index is 2.88. The Kier molecular flexibility index (Phi) is 5.25. The minimum Gasteiger partial charge on any atom is -0.496 e. The van der Waals surface area contributed by atoms with Gasteiger partial charge in [-0.05, 0) is 26.1 Å². The molecule has 0 heterocycles. The first-order chi connectivity index (χ1) is 7.74. The first-order valence-corrected chi connectivity index (χ1v) is 5.43. The van der Waals surface area contributed by atoms with E-state index in [1.807, 2.05) is 31.3 Å². The van der Waals surface area contributed by atoms with Crippen molar-refractivity contribution >= 4 is 0 Å². The average molecular weight is 224 g/mol. The quantitative estimate of drug-likeness (QED) is 0.664. The molecule has 2 atom stereocenters. The van der Waals surface area contributed by atoms with E-state index >= 15 is 0 Å². The minimum absolute atomic E-state index is 0.0544. The normalized spacial score (nSPS) is 14.5. The van der Waals surface area contributed by atoms with Crippen molar-refractivity contribution in [3.8, 4) is 5.75 Å². The summed E-state index contributed by atoms with van der Waals surface area (Å²) in [6.45, 7) is 0.539. The summed E-state index contributed by atoms with van der Waals surface area (Å²) in [7, 11) is 3.42. The summed E-state index contributed by atoms with van der Waals surface area (Å²) in [4.78, 5) is 0. The molecule has 1 aromatic carbocycles. The number of aliphatic hydroxyl groups excluding tert-OH is 1. The Hall–Kier alpha value is -1.10. The number of nitrogens with two attached hydrogens (primary N) is 1. The van der Waals surface area contributed by atoms with Crippen molar-refractivity contribution in [3.05, 3.63) is 29.8 Å². The van der Waals surface area contributed by atoms with Crippen molar-refractivity contribution in [1.29, 1.82) is 0 Å². The fourth-order valence-electron chi connectivity index (χ4n) is 1.77. The minimum atomic E-state index is -0.607. The monoisotopic (exact) mass is 224 g/mol. The van der Waals surface area contributed by atoms with Crippen molar-refractivity contribution in [3.63, 3.8) is 0 Å². The van der Waals surface area contributed by atoms with Gasteiger partial charge in [-0.1, -0.05) is 18.2 Å². The maximum atomic E-state index is 10.2.